The number of rotatable bonds is 4. The molecule has 0 saturated heterocycles. The summed E-state index contributed by atoms with van der Waals surface area (Å²) in [6, 6.07) is 6.66. The fourth-order valence-electron chi connectivity index (χ4n) is 2.84. The van der Waals surface area contributed by atoms with Crippen molar-refractivity contribution in [3.63, 3.8) is 0 Å². The van der Waals surface area contributed by atoms with E-state index in [1.807, 2.05) is 0 Å². The van der Waals surface area contributed by atoms with Crippen molar-refractivity contribution in [1.29, 1.82) is 0 Å². The van der Waals surface area contributed by atoms with Crippen LogP contribution in [0.1, 0.15) is 17.3 Å². The Morgan fingerprint density at radius 2 is 1.81 bits per heavy atom. The molecule has 0 bridgehead atoms. The first kappa shape index (κ1) is 18.8. The van der Waals surface area contributed by atoms with Crippen LogP contribution in [0.4, 0.5) is 5.69 Å². The highest BCUT2D eigenvalue weighted by Gasteiger charge is 2.20. The Bertz CT molecular complexity index is 1200. The number of Topliss-reactive ketones (excluding diaryl/α,β-unsaturated/α-hetero) is 1. The summed E-state index contributed by atoms with van der Waals surface area (Å²) in [6.45, 7) is 1.21. The van der Waals surface area contributed by atoms with Gasteiger partial charge < -0.3 is 5.32 Å². The fourth-order valence-corrected chi connectivity index (χ4v) is 3.31. The van der Waals surface area contributed by atoms with Crippen LogP contribution in [0.2, 0.25) is 0 Å². The molecule has 0 atom stereocenters. The molecule has 0 spiro atoms. The van der Waals surface area contributed by atoms with Gasteiger partial charge in [0.05, 0.1) is 5.69 Å². The molecule has 0 fully saturated rings. The quantitative estimate of drug-likeness (QED) is 0.488. The predicted octanol–water partition coefficient (Wildman–Crippen LogP) is 1.04. The van der Waals surface area contributed by atoms with E-state index in [1.165, 1.54) is 30.2 Å². The zero-order valence-corrected chi connectivity index (χ0v) is 16.4. The van der Waals surface area contributed by atoms with Crippen LogP contribution < -0.4 is 16.6 Å². The van der Waals surface area contributed by atoms with Gasteiger partial charge in [-0.1, -0.05) is 12.1 Å². The van der Waals surface area contributed by atoms with E-state index in [-0.39, 0.29) is 28.2 Å². The van der Waals surface area contributed by atoms with E-state index >= 15 is 0 Å². The van der Waals surface area contributed by atoms with E-state index in [2.05, 4.69) is 26.2 Å². The lowest BCUT2D eigenvalue weighted by atomic mass is 10.1. The lowest BCUT2D eigenvalue weighted by molar-refractivity contribution is -0.116. The zero-order valence-electron chi connectivity index (χ0n) is 14.8. The standard InChI is InChI=1S/C17H16BrN5O4/c1-9(24)10-6-4-5-7-11(10)19-12(25)8-23-14-13(20-16(23)18)15(26)22(3)17(27)21(14)2/h4-7H,8H2,1-3H3,(H,19,25). The van der Waals surface area contributed by atoms with Crippen LogP contribution in [0.5, 0.6) is 0 Å². The highest BCUT2D eigenvalue weighted by Crippen LogP contribution is 2.18. The molecule has 0 radical (unpaired) electrons. The molecule has 1 amide bonds. The fraction of sp³-hybridized carbons (Fsp3) is 0.235. The SMILES string of the molecule is CC(=O)c1ccccc1NC(=O)Cn1c(Br)nc2c(=O)n(C)c(=O)n(C)c21. The van der Waals surface area contributed by atoms with Gasteiger partial charge in [0.1, 0.15) is 6.54 Å². The highest BCUT2D eigenvalue weighted by atomic mass is 79.9. The number of imidazole rings is 1. The second-order valence-electron chi connectivity index (χ2n) is 5.99. The predicted molar refractivity (Wildman–Crippen MR) is 103 cm³/mol. The van der Waals surface area contributed by atoms with E-state index in [9.17, 15) is 19.2 Å². The Balaban J connectivity index is 2.02. The minimum Gasteiger partial charge on any atom is -0.324 e. The molecule has 27 heavy (non-hydrogen) atoms. The molecule has 10 heteroatoms. The molecule has 2 heterocycles. The lowest BCUT2D eigenvalue weighted by Crippen LogP contribution is -2.37. The van der Waals surface area contributed by atoms with Crippen LogP contribution in [-0.2, 0) is 25.4 Å². The number of benzene rings is 1. The van der Waals surface area contributed by atoms with Crippen molar-refractivity contribution in [2.24, 2.45) is 14.1 Å². The second-order valence-corrected chi connectivity index (χ2v) is 6.70. The van der Waals surface area contributed by atoms with Crippen LogP contribution in [0.25, 0.3) is 11.2 Å². The Morgan fingerprint density at radius 3 is 2.48 bits per heavy atom. The molecule has 0 saturated carbocycles. The number of carbonyl (C=O) groups excluding carboxylic acids is 2. The highest BCUT2D eigenvalue weighted by molar-refractivity contribution is 9.10. The zero-order chi connectivity index (χ0) is 19.9. The molecule has 1 N–H and O–H groups in total. The average molecular weight is 434 g/mol. The van der Waals surface area contributed by atoms with Crippen molar-refractivity contribution < 1.29 is 9.59 Å². The maximum absolute atomic E-state index is 12.5. The number of hydrogen-bond donors (Lipinski definition) is 1. The Morgan fingerprint density at radius 1 is 1.15 bits per heavy atom. The minimum absolute atomic E-state index is 0.0726. The minimum atomic E-state index is -0.546. The Labute approximate surface area is 161 Å². The molecule has 1 aromatic carbocycles. The van der Waals surface area contributed by atoms with E-state index in [0.29, 0.717) is 11.3 Å². The van der Waals surface area contributed by atoms with Crippen molar-refractivity contribution in [3.8, 4) is 0 Å². The van der Waals surface area contributed by atoms with Gasteiger partial charge >= 0.3 is 5.69 Å². The van der Waals surface area contributed by atoms with Crippen molar-refractivity contribution in [2.45, 2.75) is 13.5 Å². The first-order valence-electron chi connectivity index (χ1n) is 7.94. The summed E-state index contributed by atoms with van der Waals surface area (Å²) in [4.78, 5) is 52.8. The maximum Gasteiger partial charge on any atom is 0.332 e. The third-order valence-electron chi connectivity index (χ3n) is 4.18. The van der Waals surface area contributed by atoms with Crippen LogP contribution in [0, 0.1) is 0 Å². The van der Waals surface area contributed by atoms with Gasteiger partial charge in [0.25, 0.3) is 5.56 Å². The Hall–Kier alpha value is -3.01. The molecule has 0 aliphatic heterocycles. The number of aromatic nitrogens is 4. The molecular formula is C17H16BrN5O4. The number of anilines is 1. The van der Waals surface area contributed by atoms with E-state index in [0.717, 1.165) is 4.57 Å². The number of para-hydroxylation sites is 1. The van der Waals surface area contributed by atoms with Gasteiger partial charge in [-0.15, -0.1) is 0 Å². The van der Waals surface area contributed by atoms with Gasteiger partial charge in [-0.2, -0.15) is 0 Å². The van der Waals surface area contributed by atoms with Crippen molar-refractivity contribution in [2.75, 3.05) is 5.32 Å². The summed E-state index contributed by atoms with van der Waals surface area (Å²) in [5.41, 5.74) is 0.00813. The number of halogens is 1. The first-order valence-corrected chi connectivity index (χ1v) is 8.73. The normalized spacial score (nSPS) is 11.0. The lowest BCUT2D eigenvalue weighted by Gasteiger charge is -2.11. The number of nitrogens with one attached hydrogen (secondary N) is 1. The van der Waals surface area contributed by atoms with Gasteiger partial charge in [0.2, 0.25) is 5.91 Å². The number of aryl methyl sites for hydroxylation is 1. The maximum atomic E-state index is 12.5. The molecule has 3 aromatic rings. The molecule has 3 rings (SSSR count). The molecule has 0 aliphatic carbocycles. The molecule has 140 valence electrons. The molecule has 9 nitrogen and oxygen atoms in total. The van der Waals surface area contributed by atoms with Crippen molar-refractivity contribution >= 4 is 44.5 Å². The number of nitrogens with zero attached hydrogens (tertiary/aromatic N) is 4. The molecule has 2 aromatic heterocycles. The smallest absolute Gasteiger partial charge is 0.324 e. The third-order valence-corrected chi connectivity index (χ3v) is 4.78. The third kappa shape index (κ3) is 3.23. The van der Waals surface area contributed by atoms with Gasteiger partial charge in [-0.25, -0.2) is 9.78 Å². The van der Waals surface area contributed by atoms with Crippen LogP contribution in [-0.4, -0.2) is 30.4 Å². The van der Waals surface area contributed by atoms with Crippen molar-refractivity contribution in [3.05, 3.63) is 55.4 Å². The number of hydrogen-bond acceptors (Lipinski definition) is 5. The summed E-state index contributed by atoms with van der Waals surface area (Å²) in [5, 5.41) is 2.68. The topological polar surface area (TPSA) is 108 Å². The number of fused-ring (bicyclic) bond motifs is 1. The van der Waals surface area contributed by atoms with Gasteiger partial charge in [-0.3, -0.25) is 28.1 Å². The summed E-state index contributed by atoms with van der Waals surface area (Å²) >= 11 is 3.23. The molecule has 0 unspecified atom stereocenters. The van der Waals surface area contributed by atoms with E-state index < -0.39 is 17.2 Å². The van der Waals surface area contributed by atoms with Crippen LogP contribution in [0.3, 0.4) is 0 Å². The monoisotopic (exact) mass is 433 g/mol. The molecular weight excluding hydrogens is 418 g/mol. The second kappa shape index (κ2) is 6.95. The summed E-state index contributed by atoms with van der Waals surface area (Å²) in [5.74, 6) is -0.608. The van der Waals surface area contributed by atoms with E-state index in [4.69, 9.17) is 0 Å². The van der Waals surface area contributed by atoms with Gasteiger partial charge in [0.15, 0.2) is 21.7 Å². The van der Waals surface area contributed by atoms with Crippen molar-refractivity contribution in [1.82, 2.24) is 18.7 Å². The van der Waals surface area contributed by atoms with Crippen LogP contribution >= 0.6 is 15.9 Å². The summed E-state index contributed by atoms with van der Waals surface area (Å²) < 4.78 is 3.87. The van der Waals surface area contributed by atoms with Gasteiger partial charge in [0, 0.05) is 19.7 Å². The largest absolute Gasteiger partial charge is 0.332 e. The summed E-state index contributed by atoms with van der Waals surface area (Å²) in [7, 11) is 2.86. The van der Waals surface area contributed by atoms with Gasteiger partial charge in [-0.05, 0) is 35.0 Å². The Kier molecular flexibility index (Phi) is 4.83. The number of amides is 1. The average Bonchev–Trinajstić information content (AvgIpc) is 2.95. The summed E-state index contributed by atoms with van der Waals surface area (Å²) in [6.07, 6.45) is 0. The van der Waals surface area contributed by atoms with Crippen LogP contribution in [0.15, 0.2) is 38.6 Å². The van der Waals surface area contributed by atoms with E-state index in [1.54, 1.807) is 24.3 Å². The first-order chi connectivity index (χ1) is 12.7. The number of ketones is 1. The molecule has 0 aliphatic rings. The number of carbonyl (C=O) groups is 2.